The quantitative estimate of drug-likeness (QED) is 0.597. The third-order valence-electron chi connectivity index (χ3n) is 1.26. The predicted molar refractivity (Wildman–Crippen MR) is 39.6 cm³/mol. The Balaban J connectivity index is 3.49. The van der Waals surface area contributed by atoms with Gasteiger partial charge in [-0.25, -0.2) is 0 Å². The molecule has 0 aromatic heterocycles. The van der Waals surface area contributed by atoms with Gasteiger partial charge in [-0.1, -0.05) is 13.3 Å². The van der Waals surface area contributed by atoms with E-state index in [0.717, 1.165) is 12.8 Å². The third-order valence-corrected chi connectivity index (χ3v) is 1.26. The van der Waals surface area contributed by atoms with Gasteiger partial charge in [-0.05, 0) is 6.42 Å². The minimum Gasteiger partial charge on any atom is -0.394 e. The zero-order valence-corrected chi connectivity index (χ0v) is 6.55. The Morgan fingerprint density at radius 1 is 1.70 bits per heavy atom. The Hall–Kier alpha value is -0.570. The van der Waals surface area contributed by atoms with E-state index >= 15 is 0 Å². The molecule has 1 amide bonds. The second-order valence-electron chi connectivity index (χ2n) is 2.37. The molecule has 0 aliphatic rings. The zero-order chi connectivity index (χ0) is 7.98. The Morgan fingerprint density at radius 2 is 2.30 bits per heavy atom. The summed E-state index contributed by atoms with van der Waals surface area (Å²) in [4.78, 5) is 10.5. The molecule has 0 radical (unpaired) electrons. The Bertz CT molecular complexity index is 104. The molecule has 0 aliphatic heterocycles. The Labute approximate surface area is 61.4 Å². The first-order valence-corrected chi connectivity index (χ1v) is 3.58. The minimum absolute atomic E-state index is 0.0351. The number of aliphatic hydroxyl groups excluding tert-OH is 1. The topological polar surface area (TPSA) is 49.3 Å². The van der Waals surface area contributed by atoms with Crippen LogP contribution in [0.3, 0.4) is 0 Å². The minimum atomic E-state index is -0.0764. The fourth-order valence-electron chi connectivity index (χ4n) is 0.845. The number of rotatable bonds is 4. The number of carbonyl (C=O) groups excluding carboxylic acids is 1. The molecule has 10 heavy (non-hydrogen) atoms. The van der Waals surface area contributed by atoms with Crippen molar-refractivity contribution in [3.8, 4) is 0 Å². The maximum atomic E-state index is 10.5. The van der Waals surface area contributed by atoms with Crippen LogP contribution in [-0.4, -0.2) is 23.7 Å². The van der Waals surface area contributed by atoms with Crippen LogP contribution in [0.1, 0.15) is 26.7 Å². The van der Waals surface area contributed by atoms with Crippen molar-refractivity contribution in [3.63, 3.8) is 0 Å². The van der Waals surface area contributed by atoms with E-state index in [1.165, 1.54) is 6.92 Å². The van der Waals surface area contributed by atoms with Crippen molar-refractivity contribution in [1.82, 2.24) is 5.32 Å². The van der Waals surface area contributed by atoms with Crippen LogP contribution in [-0.2, 0) is 4.79 Å². The van der Waals surface area contributed by atoms with E-state index in [0.29, 0.717) is 0 Å². The molecule has 2 N–H and O–H groups in total. The van der Waals surface area contributed by atoms with Crippen molar-refractivity contribution >= 4 is 5.91 Å². The van der Waals surface area contributed by atoms with Crippen molar-refractivity contribution < 1.29 is 9.90 Å². The highest BCUT2D eigenvalue weighted by atomic mass is 16.3. The summed E-state index contributed by atoms with van der Waals surface area (Å²) in [6.07, 6.45) is 1.82. The van der Waals surface area contributed by atoms with Gasteiger partial charge in [0.1, 0.15) is 0 Å². The molecule has 60 valence electrons. The van der Waals surface area contributed by atoms with Crippen LogP contribution in [0.25, 0.3) is 0 Å². The first kappa shape index (κ1) is 9.43. The highest BCUT2D eigenvalue weighted by molar-refractivity contribution is 5.73. The van der Waals surface area contributed by atoms with E-state index in [9.17, 15) is 4.79 Å². The molecule has 0 bridgehead atoms. The van der Waals surface area contributed by atoms with E-state index in [4.69, 9.17) is 5.11 Å². The molecule has 0 saturated carbocycles. The lowest BCUT2D eigenvalue weighted by atomic mass is 10.2. The predicted octanol–water partition coefficient (Wildman–Crippen LogP) is 0.283. The van der Waals surface area contributed by atoms with Gasteiger partial charge in [0.25, 0.3) is 0 Å². The van der Waals surface area contributed by atoms with Gasteiger partial charge in [-0.2, -0.15) is 0 Å². The maximum Gasteiger partial charge on any atom is 0.217 e. The molecule has 3 heteroatoms. The summed E-state index contributed by atoms with van der Waals surface area (Å²) in [5.41, 5.74) is 0. The first-order chi connectivity index (χ1) is 4.70. The molecule has 0 aliphatic carbocycles. The van der Waals surface area contributed by atoms with E-state index in [1.807, 2.05) is 6.92 Å². The van der Waals surface area contributed by atoms with E-state index in [1.54, 1.807) is 0 Å². The summed E-state index contributed by atoms with van der Waals surface area (Å²) in [6, 6.07) is -0.0532. The number of hydrogen-bond donors (Lipinski definition) is 2. The number of aliphatic hydroxyl groups is 1. The molecule has 1 atom stereocenters. The van der Waals surface area contributed by atoms with Gasteiger partial charge in [0.05, 0.1) is 12.6 Å². The van der Waals surface area contributed by atoms with Gasteiger partial charge >= 0.3 is 0 Å². The van der Waals surface area contributed by atoms with Gasteiger partial charge in [0, 0.05) is 6.92 Å². The number of hydrogen-bond acceptors (Lipinski definition) is 2. The van der Waals surface area contributed by atoms with Crippen molar-refractivity contribution in [3.05, 3.63) is 0 Å². The highest BCUT2D eigenvalue weighted by Gasteiger charge is 2.05. The zero-order valence-electron chi connectivity index (χ0n) is 6.55. The first-order valence-electron chi connectivity index (χ1n) is 3.58. The summed E-state index contributed by atoms with van der Waals surface area (Å²) in [5.74, 6) is -0.0764. The van der Waals surface area contributed by atoms with E-state index < -0.39 is 0 Å². The molecule has 0 saturated heterocycles. The second-order valence-corrected chi connectivity index (χ2v) is 2.37. The molecule has 0 rings (SSSR count). The van der Waals surface area contributed by atoms with Crippen LogP contribution in [0.2, 0.25) is 0 Å². The van der Waals surface area contributed by atoms with E-state index in [2.05, 4.69) is 5.32 Å². The average Bonchev–Trinajstić information content (AvgIpc) is 1.86. The molecule has 0 fully saturated rings. The highest BCUT2D eigenvalue weighted by Crippen LogP contribution is 1.94. The van der Waals surface area contributed by atoms with Gasteiger partial charge < -0.3 is 10.4 Å². The third kappa shape index (κ3) is 4.32. The lowest BCUT2D eigenvalue weighted by molar-refractivity contribution is -0.120. The van der Waals surface area contributed by atoms with Gasteiger partial charge in [-0.15, -0.1) is 0 Å². The van der Waals surface area contributed by atoms with Gasteiger partial charge in [0.2, 0.25) is 5.91 Å². The summed E-state index contributed by atoms with van der Waals surface area (Å²) < 4.78 is 0. The summed E-state index contributed by atoms with van der Waals surface area (Å²) >= 11 is 0. The summed E-state index contributed by atoms with van der Waals surface area (Å²) in [5, 5.41) is 11.3. The second kappa shape index (κ2) is 5.23. The Kier molecular flexibility index (Phi) is 4.94. The largest absolute Gasteiger partial charge is 0.394 e. The molecular formula is C7H15NO2. The molecular weight excluding hydrogens is 130 g/mol. The van der Waals surface area contributed by atoms with Crippen molar-refractivity contribution in [2.75, 3.05) is 6.61 Å². The SMILES string of the molecule is CCC[C@@H](CO)NC(C)=O. The molecule has 0 aromatic rings. The van der Waals surface area contributed by atoms with Crippen LogP contribution in [0, 0.1) is 0 Å². The molecule has 3 nitrogen and oxygen atoms in total. The van der Waals surface area contributed by atoms with Crippen molar-refractivity contribution in [1.29, 1.82) is 0 Å². The molecule has 0 spiro atoms. The lowest BCUT2D eigenvalue weighted by Crippen LogP contribution is -2.35. The normalized spacial score (nSPS) is 12.7. The monoisotopic (exact) mass is 145 g/mol. The fraction of sp³-hybridized carbons (Fsp3) is 0.857. The maximum absolute atomic E-state index is 10.5. The van der Waals surface area contributed by atoms with Crippen molar-refractivity contribution in [2.45, 2.75) is 32.7 Å². The van der Waals surface area contributed by atoms with E-state index in [-0.39, 0.29) is 18.6 Å². The van der Waals surface area contributed by atoms with Crippen LogP contribution in [0.5, 0.6) is 0 Å². The lowest BCUT2D eigenvalue weighted by Gasteiger charge is -2.12. The molecule has 0 heterocycles. The number of carbonyl (C=O) groups is 1. The van der Waals surface area contributed by atoms with Gasteiger partial charge in [-0.3, -0.25) is 4.79 Å². The van der Waals surface area contributed by atoms with Crippen LogP contribution < -0.4 is 5.32 Å². The number of amides is 1. The van der Waals surface area contributed by atoms with Crippen LogP contribution >= 0.6 is 0 Å². The molecule has 0 unspecified atom stereocenters. The Morgan fingerprint density at radius 3 is 2.60 bits per heavy atom. The summed E-state index contributed by atoms with van der Waals surface area (Å²) in [6.45, 7) is 3.51. The van der Waals surface area contributed by atoms with Crippen LogP contribution in [0.4, 0.5) is 0 Å². The fourth-order valence-corrected chi connectivity index (χ4v) is 0.845. The van der Waals surface area contributed by atoms with Crippen molar-refractivity contribution in [2.24, 2.45) is 0 Å². The van der Waals surface area contributed by atoms with Gasteiger partial charge in [0.15, 0.2) is 0 Å². The molecule has 0 aromatic carbocycles. The summed E-state index contributed by atoms with van der Waals surface area (Å²) in [7, 11) is 0. The smallest absolute Gasteiger partial charge is 0.217 e. The van der Waals surface area contributed by atoms with Crippen LogP contribution in [0.15, 0.2) is 0 Å². The average molecular weight is 145 g/mol. The number of nitrogens with one attached hydrogen (secondary N) is 1. The standard InChI is InChI=1S/C7H15NO2/c1-3-4-7(5-9)8-6(2)10/h7,9H,3-5H2,1-2H3,(H,8,10)/t7-/m0/s1.